The van der Waals surface area contributed by atoms with Gasteiger partial charge in [0.1, 0.15) is 0 Å². The lowest BCUT2D eigenvalue weighted by Crippen LogP contribution is -2.20. The van der Waals surface area contributed by atoms with Crippen LogP contribution in [0.2, 0.25) is 0 Å². The van der Waals surface area contributed by atoms with Crippen LogP contribution in [0.4, 0.5) is 5.69 Å². The molecule has 0 heterocycles. The number of hydrogen-bond donors (Lipinski definition) is 1. The normalized spacial score (nSPS) is 10.2. The zero-order chi connectivity index (χ0) is 18.4. The van der Waals surface area contributed by atoms with Crippen molar-refractivity contribution in [2.24, 2.45) is 0 Å². The Bertz CT molecular complexity index is 908. The van der Waals surface area contributed by atoms with Crippen LogP contribution in [0.5, 0.6) is 0 Å². The molecule has 3 aromatic rings. The molecule has 0 aliphatic carbocycles. The van der Waals surface area contributed by atoms with Crippen molar-refractivity contribution in [3.8, 4) is 11.1 Å². The fourth-order valence-corrected chi connectivity index (χ4v) is 2.81. The van der Waals surface area contributed by atoms with Gasteiger partial charge in [-0.25, -0.2) is 4.79 Å². The predicted molar refractivity (Wildman–Crippen MR) is 105 cm³/mol. The molecule has 4 nitrogen and oxygen atoms in total. The van der Waals surface area contributed by atoms with Crippen LogP contribution in [0.1, 0.15) is 10.4 Å². The van der Waals surface area contributed by atoms with Gasteiger partial charge in [-0.05, 0) is 41.5 Å². The Kier molecular flexibility index (Phi) is 5.81. The Labute approximate surface area is 159 Å². The van der Waals surface area contributed by atoms with Gasteiger partial charge in [0.05, 0.1) is 5.56 Å². The third-order valence-corrected chi connectivity index (χ3v) is 4.16. The van der Waals surface area contributed by atoms with Gasteiger partial charge in [0.15, 0.2) is 6.61 Å². The highest BCUT2D eigenvalue weighted by Gasteiger charge is 2.11. The van der Waals surface area contributed by atoms with Gasteiger partial charge in [0, 0.05) is 10.2 Å². The van der Waals surface area contributed by atoms with Crippen molar-refractivity contribution in [1.82, 2.24) is 0 Å². The van der Waals surface area contributed by atoms with Gasteiger partial charge >= 0.3 is 5.97 Å². The van der Waals surface area contributed by atoms with Crippen molar-refractivity contribution >= 4 is 33.5 Å². The molecule has 3 rings (SSSR count). The molecule has 0 radical (unpaired) electrons. The average Bonchev–Trinajstić information content (AvgIpc) is 2.67. The molecule has 0 atom stereocenters. The molecule has 3 aromatic carbocycles. The van der Waals surface area contributed by atoms with E-state index in [-0.39, 0.29) is 6.61 Å². The minimum atomic E-state index is -0.533. The summed E-state index contributed by atoms with van der Waals surface area (Å²) in [7, 11) is 0. The van der Waals surface area contributed by atoms with Gasteiger partial charge in [-0.15, -0.1) is 0 Å². The van der Waals surface area contributed by atoms with E-state index in [4.69, 9.17) is 4.74 Å². The van der Waals surface area contributed by atoms with E-state index in [0.717, 1.165) is 15.6 Å². The van der Waals surface area contributed by atoms with Crippen LogP contribution >= 0.6 is 15.9 Å². The van der Waals surface area contributed by atoms with Crippen LogP contribution in [0, 0.1) is 0 Å². The number of hydrogen-bond acceptors (Lipinski definition) is 3. The lowest BCUT2D eigenvalue weighted by Gasteiger charge is -2.07. The molecule has 0 bridgehead atoms. The Balaban J connectivity index is 1.55. The quantitative estimate of drug-likeness (QED) is 0.608. The molecule has 0 aliphatic rings. The average molecular weight is 410 g/mol. The van der Waals surface area contributed by atoms with Crippen molar-refractivity contribution < 1.29 is 14.3 Å². The van der Waals surface area contributed by atoms with Crippen LogP contribution in [0.15, 0.2) is 83.3 Å². The number of benzene rings is 3. The smallest absolute Gasteiger partial charge is 0.338 e. The number of nitrogens with one attached hydrogen (secondary N) is 1. The molecule has 1 amide bonds. The molecule has 0 unspecified atom stereocenters. The van der Waals surface area contributed by atoms with Gasteiger partial charge in [0.2, 0.25) is 0 Å². The monoisotopic (exact) mass is 409 g/mol. The Morgan fingerprint density at radius 3 is 2.23 bits per heavy atom. The van der Waals surface area contributed by atoms with E-state index in [1.165, 1.54) is 0 Å². The molecular weight excluding hydrogens is 394 g/mol. The third-order valence-electron chi connectivity index (χ3n) is 3.67. The van der Waals surface area contributed by atoms with Gasteiger partial charge in [0.25, 0.3) is 5.91 Å². The summed E-state index contributed by atoms with van der Waals surface area (Å²) in [5.41, 5.74) is 3.11. The zero-order valence-corrected chi connectivity index (χ0v) is 15.4. The van der Waals surface area contributed by atoms with Crippen LogP contribution in [-0.4, -0.2) is 18.5 Å². The van der Waals surface area contributed by atoms with Crippen LogP contribution in [0.3, 0.4) is 0 Å². The fourth-order valence-electron chi connectivity index (χ4n) is 2.41. The SMILES string of the molecule is O=C(COC(=O)c1ccc(-c2ccccc2)cc1)Nc1cccc(Br)c1. The minimum absolute atomic E-state index is 0.341. The predicted octanol–water partition coefficient (Wildman–Crippen LogP) is 4.91. The van der Waals surface area contributed by atoms with E-state index >= 15 is 0 Å². The van der Waals surface area contributed by atoms with E-state index in [1.807, 2.05) is 48.5 Å². The van der Waals surface area contributed by atoms with Crippen LogP contribution < -0.4 is 5.32 Å². The van der Waals surface area contributed by atoms with Crippen molar-refractivity contribution in [1.29, 1.82) is 0 Å². The lowest BCUT2D eigenvalue weighted by molar-refractivity contribution is -0.119. The number of amides is 1. The highest BCUT2D eigenvalue weighted by atomic mass is 79.9. The lowest BCUT2D eigenvalue weighted by atomic mass is 10.0. The first-order valence-corrected chi connectivity index (χ1v) is 8.79. The number of halogens is 1. The third kappa shape index (κ3) is 4.80. The van der Waals surface area contributed by atoms with Crippen LogP contribution in [-0.2, 0) is 9.53 Å². The Morgan fingerprint density at radius 1 is 0.846 bits per heavy atom. The number of carbonyl (C=O) groups excluding carboxylic acids is 2. The number of carbonyl (C=O) groups is 2. The summed E-state index contributed by atoms with van der Waals surface area (Å²) in [4.78, 5) is 24.0. The highest BCUT2D eigenvalue weighted by molar-refractivity contribution is 9.10. The van der Waals surface area contributed by atoms with Crippen molar-refractivity contribution in [2.75, 3.05) is 11.9 Å². The van der Waals surface area contributed by atoms with Crippen LogP contribution in [0.25, 0.3) is 11.1 Å². The van der Waals surface area contributed by atoms with Gasteiger partial charge in [-0.3, -0.25) is 4.79 Å². The molecule has 0 spiro atoms. The van der Waals surface area contributed by atoms with E-state index in [2.05, 4.69) is 21.2 Å². The molecule has 0 fully saturated rings. The molecule has 5 heteroatoms. The molecule has 26 heavy (non-hydrogen) atoms. The summed E-state index contributed by atoms with van der Waals surface area (Å²) in [6.45, 7) is -0.341. The molecule has 0 aromatic heterocycles. The van der Waals surface area contributed by atoms with Crippen molar-refractivity contribution in [3.05, 3.63) is 88.9 Å². The standard InChI is InChI=1S/C21H16BrNO3/c22-18-7-4-8-19(13-18)23-20(24)14-26-21(25)17-11-9-16(10-12-17)15-5-2-1-3-6-15/h1-13H,14H2,(H,23,24). The maximum Gasteiger partial charge on any atom is 0.338 e. The van der Waals surface area contributed by atoms with Gasteiger partial charge in [-0.2, -0.15) is 0 Å². The summed E-state index contributed by atoms with van der Waals surface area (Å²) >= 11 is 3.33. The number of ether oxygens (including phenoxy) is 1. The topological polar surface area (TPSA) is 55.4 Å². The summed E-state index contributed by atoms with van der Waals surface area (Å²) in [5.74, 6) is -0.925. The molecule has 0 saturated carbocycles. The number of esters is 1. The summed E-state index contributed by atoms with van der Waals surface area (Å²) < 4.78 is 5.93. The fraction of sp³-hybridized carbons (Fsp3) is 0.0476. The summed E-state index contributed by atoms with van der Waals surface area (Å²) in [6, 6.07) is 24.1. The second kappa shape index (κ2) is 8.45. The van der Waals surface area contributed by atoms with Gasteiger partial charge in [-0.1, -0.05) is 64.5 Å². The zero-order valence-electron chi connectivity index (χ0n) is 13.8. The maximum atomic E-state index is 12.1. The first-order chi connectivity index (χ1) is 12.6. The number of anilines is 1. The Hall–Kier alpha value is -2.92. The molecular formula is C21H16BrNO3. The molecule has 0 aliphatic heterocycles. The largest absolute Gasteiger partial charge is 0.452 e. The van der Waals surface area contributed by atoms with Crippen molar-refractivity contribution in [3.63, 3.8) is 0 Å². The molecule has 130 valence electrons. The second-order valence-corrected chi connectivity index (χ2v) is 6.49. The first kappa shape index (κ1) is 17.9. The van der Waals surface area contributed by atoms with Gasteiger partial charge < -0.3 is 10.1 Å². The van der Waals surface area contributed by atoms with Crippen molar-refractivity contribution in [2.45, 2.75) is 0 Å². The first-order valence-electron chi connectivity index (χ1n) is 8.00. The number of rotatable bonds is 5. The van der Waals surface area contributed by atoms with E-state index in [1.54, 1.807) is 30.3 Å². The minimum Gasteiger partial charge on any atom is -0.452 e. The van der Waals surface area contributed by atoms with E-state index < -0.39 is 11.9 Å². The molecule has 0 saturated heterocycles. The summed E-state index contributed by atoms with van der Waals surface area (Å²) in [6.07, 6.45) is 0. The maximum absolute atomic E-state index is 12.1. The molecule has 1 N–H and O–H groups in total. The summed E-state index contributed by atoms with van der Waals surface area (Å²) in [5, 5.41) is 2.67. The highest BCUT2D eigenvalue weighted by Crippen LogP contribution is 2.19. The van der Waals surface area contributed by atoms with E-state index in [0.29, 0.717) is 11.3 Å². The Morgan fingerprint density at radius 2 is 1.54 bits per heavy atom. The second-order valence-electron chi connectivity index (χ2n) is 5.58. The van der Waals surface area contributed by atoms with E-state index in [9.17, 15) is 9.59 Å².